The van der Waals surface area contributed by atoms with Gasteiger partial charge in [0.15, 0.2) is 0 Å². The van der Waals surface area contributed by atoms with E-state index < -0.39 is 0 Å². The van der Waals surface area contributed by atoms with Gasteiger partial charge in [-0.1, -0.05) is 31.5 Å². The summed E-state index contributed by atoms with van der Waals surface area (Å²) >= 11 is 0. The first-order valence-electron chi connectivity index (χ1n) is 8.06. The zero-order valence-electron chi connectivity index (χ0n) is 13.0. The van der Waals surface area contributed by atoms with Gasteiger partial charge in [-0.15, -0.1) is 0 Å². The number of anilines is 1. The maximum absolute atomic E-state index is 6.04. The van der Waals surface area contributed by atoms with Crippen LogP contribution in [0.3, 0.4) is 0 Å². The van der Waals surface area contributed by atoms with Gasteiger partial charge in [0.2, 0.25) is 0 Å². The highest BCUT2D eigenvalue weighted by molar-refractivity contribution is 5.82. The lowest BCUT2D eigenvalue weighted by molar-refractivity contribution is 0.568. The Bertz CT molecular complexity index is 621. The van der Waals surface area contributed by atoms with Crippen molar-refractivity contribution in [2.75, 3.05) is 18.0 Å². The van der Waals surface area contributed by atoms with Gasteiger partial charge in [-0.2, -0.15) is 0 Å². The third kappa shape index (κ3) is 3.03. The van der Waals surface area contributed by atoms with E-state index in [9.17, 15) is 0 Å². The van der Waals surface area contributed by atoms with Gasteiger partial charge in [0.25, 0.3) is 0 Å². The number of nitrogens with zero attached hydrogens (tertiary/aromatic N) is 2. The summed E-state index contributed by atoms with van der Waals surface area (Å²) in [6.45, 7) is 6.60. The van der Waals surface area contributed by atoms with Crippen molar-refractivity contribution in [3.05, 3.63) is 35.9 Å². The minimum Gasteiger partial charge on any atom is -0.356 e. The van der Waals surface area contributed by atoms with Crippen LogP contribution in [0.1, 0.15) is 32.3 Å². The zero-order valence-corrected chi connectivity index (χ0v) is 13.0. The number of benzene rings is 1. The van der Waals surface area contributed by atoms with Gasteiger partial charge < -0.3 is 10.6 Å². The van der Waals surface area contributed by atoms with Crippen LogP contribution < -0.4 is 10.6 Å². The Morgan fingerprint density at radius 1 is 1.38 bits per heavy atom. The summed E-state index contributed by atoms with van der Waals surface area (Å²) in [6.07, 6.45) is 3.43. The number of nitrogens with two attached hydrogens (primary N) is 1. The van der Waals surface area contributed by atoms with Crippen LogP contribution in [0.5, 0.6) is 0 Å². The van der Waals surface area contributed by atoms with Gasteiger partial charge in [0.1, 0.15) is 5.82 Å². The average molecular weight is 283 g/mol. The molecular weight excluding hydrogens is 258 g/mol. The summed E-state index contributed by atoms with van der Waals surface area (Å²) in [5.41, 5.74) is 8.42. The van der Waals surface area contributed by atoms with E-state index in [0.29, 0.717) is 0 Å². The summed E-state index contributed by atoms with van der Waals surface area (Å²) in [4.78, 5) is 7.41. The largest absolute Gasteiger partial charge is 0.356 e. The van der Waals surface area contributed by atoms with E-state index in [1.807, 2.05) is 0 Å². The molecule has 112 valence electrons. The molecule has 1 fully saturated rings. The molecule has 1 aliphatic rings. The summed E-state index contributed by atoms with van der Waals surface area (Å²) in [5, 5.41) is 1.21. The van der Waals surface area contributed by atoms with Crippen LogP contribution in [0, 0.1) is 5.92 Å². The second kappa shape index (κ2) is 6.02. The Kier molecular flexibility index (Phi) is 4.11. The third-order valence-corrected chi connectivity index (χ3v) is 4.48. The predicted octanol–water partition coefficient (Wildman–Crippen LogP) is 3.36. The van der Waals surface area contributed by atoms with Crippen LogP contribution in [0.15, 0.2) is 30.3 Å². The fraction of sp³-hybridized carbons (Fsp3) is 0.500. The van der Waals surface area contributed by atoms with Crippen molar-refractivity contribution in [2.45, 2.75) is 39.2 Å². The topological polar surface area (TPSA) is 42.2 Å². The number of aromatic nitrogens is 1. The average Bonchev–Trinajstić information content (AvgIpc) is 2.94. The Labute approximate surface area is 127 Å². The molecule has 0 radical (unpaired) electrons. The fourth-order valence-corrected chi connectivity index (χ4v) is 3.28. The molecular formula is C18H25N3. The number of hydrogen-bond acceptors (Lipinski definition) is 3. The van der Waals surface area contributed by atoms with E-state index in [1.54, 1.807) is 0 Å². The van der Waals surface area contributed by atoms with Crippen LogP contribution in [0.25, 0.3) is 10.9 Å². The lowest BCUT2D eigenvalue weighted by Gasteiger charge is -2.22. The van der Waals surface area contributed by atoms with E-state index in [-0.39, 0.29) is 6.04 Å². The molecule has 0 spiro atoms. The maximum atomic E-state index is 6.04. The smallest absolute Gasteiger partial charge is 0.132 e. The molecule has 2 N–H and O–H groups in total. The molecule has 2 heterocycles. The first-order valence-corrected chi connectivity index (χ1v) is 8.06. The molecule has 2 unspecified atom stereocenters. The molecule has 1 aliphatic heterocycles. The van der Waals surface area contributed by atoms with Crippen LogP contribution >= 0.6 is 0 Å². The van der Waals surface area contributed by atoms with Gasteiger partial charge in [-0.3, -0.25) is 0 Å². The van der Waals surface area contributed by atoms with Gasteiger partial charge in [0.05, 0.1) is 5.52 Å². The summed E-state index contributed by atoms with van der Waals surface area (Å²) < 4.78 is 0. The van der Waals surface area contributed by atoms with Gasteiger partial charge >= 0.3 is 0 Å². The molecule has 2 atom stereocenters. The molecule has 1 saturated heterocycles. The summed E-state index contributed by atoms with van der Waals surface area (Å²) in [7, 11) is 0. The van der Waals surface area contributed by atoms with E-state index >= 15 is 0 Å². The molecule has 3 heteroatoms. The lowest BCUT2D eigenvalue weighted by atomic mass is 10.0. The molecule has 1 aromatic heterocycles. The highest BCUT2D eigenvalue weighted by atomic mass is 15.2. The van der Waals surface area contributed by atoms with Crippen LogP contribution in [0.4, 0.5) is 5.82 Å². The number of para-hydroxylation sites is 1. The highest BCUT2D eigenvalue weighted by Crippen LogP contribution is 2.30. The van der Waals surface area contributed by atoms with Crippen LogP contribution in [0.2, 0.25) is 0 Å². The fourth-order valence-electron chi connectivity index (χ4n) is 3.28. The maximum Gasteiger partial charge on any atom is 0.132 e. The van der Waals surface area contributed by atoms with E-state index in [1.165, 1.54) is 23.8 Å². The number of fused-ring (bicyclic) bond motifs is 1. The minimum absolute atomic E-state index is 0.163. The highest BCUT2D eigenvalue weighted by Gasteiger charge is 2.24. The van der Waals surface area contributed by atoms with E-state index in [0.717, 1.165) is 36.8 Å². The second-order valence-corrected chi connectivity index (χ2v) is 6.35. The van der Waals surface area contributed by atoms with E-state index in [4.69, 9.17) is 10.7 Å². The normalized spacial score (nSPS) is 20.1. The van der Waals surface area contributed by atoms with Crippen molar-refractivity contribution in [2.24, 2.45) is 11.7 Å². The Hall–Kier alpha value is -1.61. The van der Waals surface area contributed by atoms with Crippen molar-refractivity contribution in [1.29, 1.82) is 0 Å². The minimum atomic E-state index is 0.163. The molecule has 0 amide bonds. The third-order valence-electron chi connectivity index (χ3n) is 4.48. The summed E-state index contributed by atoms with van der Waals surface area (Å²) in [5.74, 6) is 1.96. The monoisotopic (exact) mass is 283 g/mol. The summed E-state index contributed by atoms with van der Waals surface area (Å²) in [6, 6.07) is 10.8. The van der Waals surface area contributed by atoms with Crippen molar-refractivity contribution >= 4 is 16.7 Å². The van der Waals surface area contributed by atoms with Gasteiger partial charge in [0, 0.05) is 24.5 Å². The quantitative estimate of drug-likeness (QED) is 0.935. The molecule has 0 saturated carbocycles. The van der Waals surface area contributed by atoms with E-state index in [2.05, 4.69) is 49.1 Å². The Morgan fingerprint density at radius 2 is 2.19 bits per heavy atom. The van der Waals surface area contributed by atoms with Crippen LogP contribution in [-0.2, 0) is 6.42 Å². The Balaban J connectivity index is 2.01. The first kappa shape index (κ1) is 14.3. The molecule has 21 heavy (non-hydrogen) atoms. The number of hydrogen-bond donors (Lipinski definition) is 1. The molecule has 0 bridgehead atoms. The predicted molar refractivity (Wildman–Crippen MR) is 89.7 cm³/mol. The van der Waals surface area contributed by atoms with Gasteiger partial charge in [-0.05, 0) is 43.4 Å². The standard InChI is InChI=1S/C18H25N3/c1-3-14-8-9-21(12-14)18-16(10-13(2)19)11-15-6-4-5-7-17(15)20-18/h4-7,11,13-14H,3,8-10,12,19H2,1-2H3. The molecule has 1 aromatic carbocycles. The zero-order chi connectivity index (χ0) is 14.8. The molecule has 0 aliphatic carbocycles. The van der Waals surface area contributed by atoms with Crippen molar-refractivity contribution < 1.29 is 0 Å². The second-order valence-electron chi connectivity index (χ2n) is 6.35. The molecule has 3 nitrogen and oxygen atoms in total. The van der Waals surface area contributed by atoms with Crippen LogP contribution in [-0.4, -0.2) is 24.1 Å². The Morgan fingerprint density at radius 3 is 2.90 bits per heavy atom. The molecule has 2 aromatic rings. The van der Waals surface area contributed by atoms with Gasteiger partial charge in [-0.25, -0.2) is 4.98 Å². The first-order chi connectivity index (χ1) is 10.2. The lowest BCUT2D eigenvalue weighted by Crippen LogP contribution is -2.25. The van der Waals surface area contributed by atoms with Crippen molar-refractivity contribution in [3.8, 4) is 0 Å². The SMILES string of the molecule is CCC1CCN(c2nc3ccccc3cc2CC(C)N)C1. The molecule has 3 rings (SSSR count). The van der Waals surface area contributed by atoms with Crippen molar-refractivity contribution in [3.63, 3.8) is 0 Å². The number of rotatable bonds is 4. The number of pyridine rings is 1. The van der Waals surface area contributed by atoms with Crippen molar-refractivity contribution in [1.82, 2.24) is 4.98 Å².